The van der Waals surface area contributed by atoms with Crippen molar-refractivity contribution < 1.29 is 13.2 Å². The smallest absolute Gasteiger partial charge is 0.256 e. The number of amidine groups is 1. The molecule has 1 unspecified atom stereocenters. The second kappa shape index (κ2) is 7.93. The minimum absolute atomic E-state index is 0.0408. The van der Waals surface area contributed by atoms with E-state index >= 15 is 0 Å². The van der Waals surface area contributed by atoms with Gasteiger partial charge in [0.25, 0.3) is 15.9 Å². The standard InChI is InChI=1S/C20H23ClN4O3S/c1-15(17-4-2-3-5-18(17)21)23-8-10-24(11-9-23)20(26)16-6-7-19-22-29(27,28)13-12-25(19)14-16/h2-7,14-15H,8-13H2,1H3. The molecule has 4 rings (SSSR count). The second-order valence-corrected chi connectivity index (χ2v) is 9.53. The number of benzene rings is 1. The maximum atomic E-state index is 12.9. The largest absolute Gasteiger partial charge is 0.336 e. The molecule has 0 aromatic heterocycles. The van der Waals surface area contributed by atoms with Gasteiger partial charge >= 0.3 is 0 Å². The number of fused-ring (bicyclic) bond motifs is 1. The topological polar surface area (TPSA) is 73.3 Å². The van der Waals surface area contributed by atoms with Crippen molar-refractivity contribution in [3.8, 4) is 0 Å². The lowest BCUT2D eigenvalue weighted by Crippen LogP contribution is -2.50. The predicted molar refractivity (Wildman–Crippen MR) is 113 cm³/mol. The van der Waals surface area contributed by atoms with Gasteiger partial charge in [-0.25, -0.2) is 8.42 Å². The lowest BCUT2D eigenvalue weighted by Gasteiger charge is -2.39. The summed E-state index contributed by atoms with van der Waals surface area (Å²) in [5.41, 5.74) is 1.65. The Hall–Kier alpha value is -2.16. The normalized spacial score (nSPS) is 22.6. The summed E-state index contributed by atoms with van der Waals surface area (Å²) in [6.07, 6.45) is 4.95. The molecule has 0 bridgehead atoms. The number of amides is 1. The number of nitrogens with zero attached hydrogens (tertiary/aromatic N) is 4. The zero-order valence-electron chi connectivity index (χ0n) is 16.2. The molecule has 0 aliphatic carbocycles. The Kier molecular flexibility index (Phi) is 5.50. The van der Waals surface area contributed by atoms with Crippen LogP contribution in [0.2, 0.25) is 5.02 Å². The molecule has 154 valence electrons. The Morgan fingerprint density at radius 3 is 2.55 bits per heavy atom. The van der Waals surface area contributed by atoms with Gasteiger partial charge in [-0.1, -0.05) is 29.8 Å². The summed E-state index contributed by atoms with van der Waals surface area (Å²) in [5, 5.41) is 0.761. The Morgan fingerprint density at radius 1 is 1.10 bits per heavy atom. The van der Waals surface area contributed by atoms with E-state index in [4.69, 9.17) is 11.6 Å². The van der Waals surface area contributed by atoms with Crippen molar-refractivity contribution >= 4 is 33.4 Å². The molecule has 1 saturated heterocycles. The molecule has 3 aliphatic heterocycles. The monoisotopic (exact) mass is 434 g/mol. The zero-order chi connectivity index (χ0) is 20.6. The third-order valence-electron chi connectivity index (χ3n) is 5.58. The average molecular weight is 435 g/mol. The van der Waals surface area contributed by atoms with Crippen molar-refractivity contribution in [3.05, 3.63) is 58.8 Å². The molecule has 3 aliphatic rings. The van der Waals surface area contributed by atoms with E-state index in [1.165, 1.54) is 0 Å². The highest BCUT2D eigenvalue weighted by Crippen LogP contribution is 2.28. The predicted octanol–water partition coefficient (Wildman–Crippen LogP) is 2.04. The molecular weight excluding hydrogens is 412 g/mol. The number of rotatable bonds is 3. The van der Waals surface area contributed by atoms with Gasteiger partial charge in [0.05, 0.1) is 11.3 Å². The Morgan fingerprint density at radius 2 is 1.83 bits per heavy atom. The summed E-state index contributed by atoms with van der Waals surface area (Å²) in [6.45, 7) is 5.25. The first-order valence-corrected chi connectivity index (χ1v) is 11.6. The highest BCUT2D eigenvalue weighted by molar-refractivity contribution is 7.90. The molecule has 3 heterocycles. The minimum atomic E-state index is -3.40. The number of sulfonamides is 1. The number of carbonyl (C=O) groups excluding carboxylic acids is 1. The van der Waals surface area contributed by atoms with Crippen LogP contribution in [0, 0.1) is 0 Å². The molecule has 9 heteroatoms. The van der Waals surface area contributed by atoms with E-state index < -0.39 is 10.0 Å². The van der Waals surface area contributed by atoms with Gasteiger partial charge in [-0.3, -0.25) is 9.69 Å². The third kappa shape index (κ3) is 4.24. The van der Waals surface area contributed by atoms with Gasteiger partial charge in [-0.05, 0) is 30.7 Å². The SMILES string of the molecule is CC(c1ccccc1Cl)N1CCN(C(=O)C2=CN3CCS(=O)(=O)N=C3C=C2)CC1. The van der Waals surface area contributed by atoms with Crippen LogP contribution in [0.5, 0.6) is 0 Å². The Bertz CT molecular complexity index is 1010. The summed E-state index contributed by atoms with van der Waals surface area (Å²) in [7, 11) is -3.40. The van der Waals surface area contributed by atoms with Crippen molar-refractivity contribution in [3.63, 3.8) is 0 Å². The van der Waals surface area contributed by atoms with Gasteiger partial charge in [-0.15, -0.1) is 4.40 Å². The lowest BCUT2D eigenvalue weighted by atomic mass is 10.1. The van der Waals surface area contributed by atoms with E-state index in [0.717, 1.165) is 23.7 Å². The van der Waals surface area contributed by atoms with Gasteiger partial charge in [0.2, 0.25) is 0 Å². The summed E-state index contributed by atoms with van der Waals surface area (Å²) < 4.78 is 27.0. The van der Waals surface area contributed by atoms with Gasteiger partial charge < -0.3 is 9.80 Å². The van der Waals surface area contributed by atoms with E-state index in [2.05, 4.69) is 16.2 Å². The zero-order valence-corrected chi connectivity index (χ0v) is 17.7. The molecule has 29 heavy (non-hydrogen) atoms. The maximum Gasteiger partial charge on any atom is 0.256 e. The molecule has 1 atom stereocenters. The van der Waals surface area contributed by atoms with Crippen LogP contribution in [0.15, 0.2) is 52.6 Å². The Labute approximate surface area is 176 Å². The number of hydrogen-bond donors (Lipinski definition) is 0. The van der Waals surface area contributed by atoms with Crippen LogP contribution in [0.4, 0.5) is 0 Å². The fourth-order valence-corrected chi connectivity index (χ4v) is 5.10. The van der Waals surface area contributed by atoms with Gasteiger partial charge in [-0.2, -0.15) is 0 Å². The highest BCUT2D eigenvalue weighted by atomic mass is 35.5. The lowest BCUT2D eigenvalue weighted by molar-refractivity contribution is -0.128. The van der Waals surface area contributed by atoms with Crippen molar-refractivity contribution in [2.45, 2.75) is 13.0 Å². The minimum Gasteiger partial charge on any atom is -0.336 e. The highest BCUT2D eigenvalue weighted by Gasteiger charge is 2.29. The van der Waals surface area contributed by atoms with Crippen LogP contribution in [0.1, 0.15) is 18.5 Å². The summed E-state index contributed by atoms with van der Waals surface area (Å²) in [5.74, 6) is 0.283. The molecular formula is C20H23ClN4O3S. The van der Waals surface area contributed by atoms with Crippen molar-refractivity contribution in [1.82, 2.24) is 14.7 Å². The quantitative estimate of drug-likeness (QED) is 0.727. The summed E-state index contributed by atoms with van der Waals surface area (Å²) in [4.78, 5) is 18.8. The summed E-state index contributed by atoms with van der Waals surface area (Å²) >= 11 is 6.33. The molecule has 1 fully saturated rings. The van der Waals surface area contributed by atoms with Crippen molar-refractivity contribution in [2.24, 2.45) is 4.40 Å². The first-order chi connectivity index (χ1) is 13.8. The van der Waals surface area contributed by atoms with Gasteiger partial charge in [0.1, 0.15) is 5.84 Å². The molecule has 0 radical (unpaired) electrons. The van der Waals surface area contributed by atoms with E-state index in [0.29, 0.717) is 31.0 Å². The third-order valence-corrected chi connectivity index (χ3v) is 7.08. The van der Waals surface area contributed by atoms with Crippen LogP contribution in [-0.4, -0.2) is 73.3 Å². The van der Waals surface area contributed by atoms with E-state index in [-0.39, 0.29) is 17.7 Å². The van der Waals surface area contributed by atoms with E-state index in [1.54, 1.807) is 23.3 Å². The molecule has 1 aromatic rings. The number of piperazine rings is 1. The van der Waals surface area contributed by atoms with Crippen LogP contribution < -0.4 is 0 Å². The molecule has 7 nitrogen and oxygen atoms in total. The van der Waals surface area contributed by atoms with E-state index in [1.807, 2.05) is 29.2 Å². The fraction of sp³-hybridized carbons (Fsp3) is 0.400. The molecule has 1 amide bonds. The van der Waals surface area contributed by atoms with Gasteiger partial charge in [0, 0.05) is 50.0 Å². The first-order valence-electron chi connectivity index (χ1n) is 9.61. The van der Waals surface area contributed by atoms with Crippen molar-refractivity contribution in [1.29, 1.82) is 0 Å². The number of carbonyl (C=O) groups is 1. The molecule has 0 spiro atoms. The first kappa shape index (κ1) is 20.1. The van der Waals surface area contributed by atoms with Crippen molar-refractivity contribution in [2.75, 3.05) is 38.5 Å². The van der Waals surface area contributed by atoms with E-state index in [9.17, 15) is 13.2 Å². The summed E-state index contributed by atoms with van der Waals surface area (Å²) in [6, 6.07) is 8.04. The second-order valence-electron chi connectivity index (χ2n) is 7.37. The molecule has 1 aromatic carbocycles. The van der Waals surface area contributed by atoms with Crippen LogP contribution in [0.3, 0.4) is 0 Å². The average Bonchev–Trinajstić information content (AvgIpc) is 2.72. The fourth-order valence-electron chi connectivity index (χ4n) is 3.83. The number of hydrogen-bond acceptors (Lipinski definition) is 5. The van der Waals surface area contributed by atoms with Gasteiger partial charge in [0.15, 0.2) is 0 Å². The van der Waals surface area contributed by atoms with Crippen LogP contribution in [0.25, 0.3) is 0 Å². The van der Waals surface area contributed by atoms with Crippen LogP contribution >= 0.6 is 11.6 Å². The Balaban J connectivity index is 1.39. The maximum absolute atomic E-state index is 12.9. The van der Waals surface area contributed by atoms with Crippen LogP contribution in [-0.2, 0) is 14.8 Å². The number of halogens is 1. The molecule has 0 saturated carbocycles. The molecule has 0 N–H and O–H groups in total.